The topological polar surface area (TPSA) is 78.9 Å². The molecule has 0 heterocycles. The minimum Gasteiger partial charge on any atom is -0.462 e. The third-order valence-corrected chi connectivity index (χ3v) is 12.4. The van der Waals surface area contributed by atoms with Gasteiger partial charge >= 0.3 is 17.9 Å². The van der Waals surface area contributed by atoms with Crippen molar-refractivity contribution < 1.29 is 28.6 Å². The van der Waals surface area contributed by atoms with Gasteiger partial charge in [-0.25, -0.2) is 0 Å². The highest BCUT2D eigenvalue weighted by Crippen LogP contribution is 2.16. The first-order chi connectivity index (χ1) is 33.5. The Morgan fingerprint density at radius 2 is 0.574 bits per heavy atom. The Balaban J connectivity index is 4.44. The summed E-state index contributed by atoms with van der Waals surface area (Å²) >= 11 is 0. The average molecular weight is 950 g/mol. The number of carbonyl (C=O) groups excluding carboxylic acids is 3. The maximum Gasteiger partial charge on any atom is 0.306 e. The molecule has 392 valence electrons. The van der Waals surface area contributed by atoms with Crippen LogP contribution in [-0.2, 0) is 28.6 Å². The van der Waals surface area contributed by atoms with Crippen molar-refractivity contribution in [2.24, 2.45) is 0 Å². The van der Waals surface area contributed by atoms with Gasteiger partial charge in [0.1, 0.15) is 13.2 Å². The lowest BCUT2D eigenvalue weighted by atomic mass is 10.0. The molecule has 0 saturated carbocycles. The highest BCUT2D eigenvalue weighted by atomic mass is 16.6. The van der Waals surface area contributed by atoms with Gasteiger partial charge in [0.25, 0.3) is 0 Å². The van der Waals surface area contributed by atoms with Crippen molar-refractivity contribution in [2.75, 3.05) is 13.2 Å². The third-order valence-electron chi connectivity index (χ3n) is 12.4. The van der Waals surface area contributed by atoms with Crippen LogP contribution >= 0.6 is 0 Å². The number of carbonyl (C=O) groups is 3. The van der Waals surface area contributed by atoms with Gasteiger partial charge in [-0.2, -0.15) is 0 Å². The molecule has 0 aromatic rings. The lowest BCUT2D eigenvalue weighted by molar-refractivity contribution is -0.167. The fraction of sp³-hybridized carbons (Fsp3) is 0.758. The monoisotopic (exact) mass is 949 g/mol. The SMILES string of the molecule is CC/C=C\C/C=C\C/C=C\C/C=C\C/C=C\CCCCCC(=O)OC[C@@H](COC(=O)CCCCCCCCCCCCCCCCC)OC(=O)CCCCCCC/C=C\CCCCCCCCC. The zero-order chi connectivity index (χ0) is 49.3. The molecule has 0 fully saturated rings. The van der Waals surface area contributed by atoms with Gasteiger partial charge in [0, 0.05) is 19.3 Å². The fourth-order valence-corrected chi connectivity index (χ4v) is 8.11. The first-order valence-corrected chi connectivity index (χ1v) is 28.9. The number of unbranched alkanes of at least 4 members (excludes halogenated alkanes) is 29. The lowest BCUT2D eigenvalue weighted by Crippen LogP contribution is -2.30. The standard InChI is InChI=1S/C62H108O6/c1-4-7-10-13-16-19-22-25-28-30-31-32-35-37-40-43-46-49-52-55-61(64)67-58-59(57-66-60(63)54-51-48-45-42-39-36-33-27-24-21-18-15-12-9-6-3)68-62(65)56-53-50-47-44-41-38-34-29-26-23-20-17-14-11-8-5-2/h7,10,16,19,25,28-29,31-32,34,37,40,59H,4-6,8-9,11-15,17-18,20-24,26-27,30,33,35-36,38-39,41-58H2,1-3H3/b10-7-,19-16-,28-25-,32-31-,34-29-,40-37-/t59-/m1/s1. The second-order valence-corrected chi connectivity index (χ2v) is 19.2. The predicted molar refractivity (Wildman–Crippen MR) is 293 cm³/mol. The van der Waals surface area contributed by atoms with Crippen molar-refractivity contribution in [1.82, 2.24) is 0 Å². The van der Waals surface area contributed by atoms with E-state index in [1.54, 1.807) is 0 Å². The number of hydrogen-bond acceptors (Lipinski definition) is 6. The van der Waals surface area contributed by atoms with E-state index in [0.717, 1.165) is 109 Å². The van der Waals surface area contributed by atoms with Gasteiger partial charge in [-0.3, -0.25) is 14.4 Å². The Labute approximate surface area is 421 Å². The number of rotatable bonds is 52. The first kappa shape index (κ1) is 64.8. The van der Waals surface area contributed by atoms with E-state index in [2.05, 4.69) is 93.7 Å². The smallest absolute Gasteiger partial charge is 0.306 e. The Morgan fingerprint density at radius 1 is 0.309 bits per heavy atom. The van der Waals surface area contributed by atoms with Crippen LogP contribution in [0, 0.1) is 0 Å². The molecule has 0 aromatic heterocycles. The van der Waals surface area contributed by atoms with Gasteiger partial charge in [-0.05, 0) is 89.9 Å². The molecule has 1 atom stereocenters. The van der Waals surface area contributed by atoms with E-state index in [1.807, 2.05) is 0 Å². The summed E-state index contributed by atoms with van der Waals surface area (Å²) in [7, 11) is 0. The first-order valence-electron chi connectivity index (χ1n) is 28.9. The van der Waals surface area contributed by atoms with Crippen LogP contribution in [-0.4, -0.2) is 37.2 Å². The van der Waals surface area contributed by atoms with Crippen LogP contribution in [0.15, 0.2) is 72.9 Å². The van der Waals surface area contributed by atoms with Crippen molar-refractivity contribution in [3.63, 3.8) is 0 Å². The zero-order valence-corrected chi connectivity index (χ0v) is 44.9. The molecule has 0 radical (unpaired) electrons. The minimum atomic E-state index is -0.792. The molecule has 0 aliphatic rings. The summed E-state index contributed by atoms with van der Waals surface area (Å²) < 4.78 is 16.8. The van der Waals surface area contributed by atoms with E-state index >= 15 is 0 Å². The van der Waals surface area contributed by atoms with Gasteiger partial charge in [0.05, 0.1) is 0 Å². The van der Waals surface area contributed by atoms with Crippen LogP contribution < -0.4 is 0 Å². The predicted octanol–water partition coefficient (Wildman–Crippen LogP) is 19.4. The third kappa shape index (κ3) is 53.8. The van der Waals surface area contributed by atoms with Crippen LogP contribution in [0.5, 0.6) is 0 Å². The molecule has 0 spiro atoms. The van der Waals surface area contributed by atoms with E-state index in [0.29, 0.717) is 19.3 Å². The van der Waals surface area contributed by atoms with E-state index in [1.165, 1.54) is 135 Å². The van der Waals surface area contributed by atoms with Crippen molar-refractivity contribution >= 4 is 17.9 Å². The summed E-state index contributed by atoms with van der Waals surface area (Å²) in [4.78, 5) is 38.2. The molecule has 0 rings (SSSR count). The number of allylic oxidation sites excluding steroid dienone is 12. The second-order valence-electron chi connectivity index (χ2n) is 19.2. The highest BCUT2D eigenvalue weighted by Gasteiger charge is 2.19. The van der Waals surface area contributed by atoms with E-state index in [9.17, 15) is 14.4 Å². The summed E-state index contributed by atoms with van der Waals surface area (Å²) in [6, 6.07) is 0. The summed E-state index contributed by atoms with van der Waals surface area (Å²) in [6.45, 7) is 6.51. The Hall–Kier alpha value is -3.15. The van der Waals surface area contributed by atoms with Crippen LogP contribution in [0.2, 0.25) is 0 Å². The van der Waals surface area contributed by atoms with Gasteiger partial charge in [-0.15, -0.1) is 0 Å². The second kappa shape index (κ2) is 56.4. The Morgan fingerprint density at radius 3 is 0.926 bits per heavy atom. The van der Waals surface area contributed by atoms with Crippen molar-refractivity contribution in [2.45, 2.75) is 290 Å². The number of ether oxygens (including phenoxy) is 3. The van der Waals surface area contributed by atoms with E-state index in [4.69, 9.17) is 14.2 Å². The molecule has 0 saturated heterocycles. The number of hydrogen-bond donors (Lipinski definition) is 0. The highest BCUT2D eigenvalue weighted by molar-refractivity contribution is 5.71. The molecule has 6 nitrogen and oxygen atoms in total. The van der Waals surface area contributed by atoms with Gasteiger partial charge < -0.3 is 14.2 Å². The molecule has 0 aliphatic heterocycles. The summed E-state index contributed by atoms with van der Waals surface area (Å²) in [6.07, 6.45) is 71.7. The zero-order valence-electron chi connectivity index (χ0n) is 44.9. The molecule has 0 unspecified atom stereocenters. The van der Waals surface area contributed by atoms with Crippen LogP contribution in [0.4, 0.5) is 0 Å². The van der Waals surface area contributed by atoms with Crippen LogP contribution in [0.3, 0.4) is 0 Å². The maximum atomic E-state index is 12.9. The molecular weight excluding hydrogens is 841 g/mol. The molecular formula is C62H108O6. The number of esters is 3. The minimum absolute atomic E-state index is 0.0870. The Bertz CT molecular complexity index is 1270. The van der Waals surface area contributed by atoms with Gasteiger partial charge in [0.2, 0.25) is 0 Å². The molecule has 0 aromatic carbocycles. The van der Waals surface area contributed by atoms with E-state index < -0.39 is 6.10 Å². The summed E-state index contributed by atoms with van der Waals surface area (Å²) in [5.74, 6) is -0.919. The largest absolute Gasteiger partial charge is 0.462 e. The average Bonchev–Trinajstić information content (AvgIpc) is 3.34. The quantitative estimate of drug-likeness (QED) is 0.0262. The van der Waals surface area contributed by atoms with Crippen molar-refractivity contribution in [3.05, 3.63) is 72.9 Å². The van der Waals surface area contributed by atoms with Crippen molar-refractivity contribution in [3.8, 4) is 0 Å². The molecule has 0 amide bonds. The fourth-order valence-electron chi connectivity index (χ4n) is 8.11. The van der Waals surface area contributed by atoms with Crippen molar-refractivity contribution in [1.29, 1.82) is 0 Å². The van der Waals surface area contributed by atoms with E-state index in [-0.39, 0.29) is 31.1 Å². The lowest BCUT2D eigenvalue weighted by Gasteiger charge is -2.18. The summed E-state index contributed by atoms with van der Waals surface area (Å²) in [5.41, 5.74) is 0. The van der Waals surface area contributed by atoms with Gasteiger partial charge in [-0.1, -0.05) is 248 Å². The normalized spacial score (nSPS) is 12.6. The van der Waals surface area contributed by atoms with Gasteiger partial charge in [0.15, 0.2) is 6.10 Å². The van der Waals surface area contributed by atoms with Crippen LogP contribution in [0.25, 0.3) is 0 Å². The Kier molecular flexibility index (Phi) is 53.8. The summed E-state index contributed by atoms with van der Waals surface area (Å²) in [5, 5.41) is 0. The molecule has 6 heteroatoms. The molecule has 0 aliphatic carbocycles. The molecule has 0 bridgehead atoms. The molecule has 68 heavy (non-hydrogen) atoms. The van der Waals surface area contributed by atoms with Crippen LogP contribution in [0.1, 0.15) is 284 Å². The molecule has 0 N–H and O–H groups in total. The maximum absolute atomic E-state index is 12.9.